The molecule has 0 heterocycles. The Kier molecular flexibility index (Phi) is 5.02. The molecule has 1 atom stereocenters. The summed E-state index contributed by atoms with van der Waals surface area (Å²) in [5.41, 5.74) is 7.09. The van der Waals surface area contributed by atoms with Gasteiger partial charge >= 0.3 is 0 Å². The van der Waals surface area contributed by atoms with Gasteiger partial charge in [0.05, 0.1) is 0 Å². The van der Waals surface area contributed by atoms with Gasteiger partial charge in [-0.1, -0.05) is 27.7 Å². The highest BCUT2D eigenvalue weighted by Crippen LogP contribution is 2.32. The molecule has 4 heteroatoms. The van der Waals surface area contributed by atoms with Crippen molar-refractivity contribution in [2.24, 2.45) is 5.73 Å². The number of hydrogen-bond donors (Lipinski definition) is 1. The highest BCUT2D eigenvalue weighted by atomic mass is 79.9. The van der Waals surface area contributed by atoms with E-state index in [0.717, 1.165) is 20.7 Å². The normalized spacial score (nSPS) is 12.4. The van der Waals surface area contributed by atoms with Crippen LogP contribution in [0.5, 0.6) is 0 Å². The van der Waals surface area contributed by atoms with Gasteiger partial charge in [-0.3, -0.25) is 0 Å². The first kappa shape index (κ1) is 14.6. The molecule has 0 aliphatic carbocycles. The molecular formula is C15H15BrFNS. The van der Waals surface area contributed by atoms with Gasteiger partial charge in [0, 0.05) is 20.3 Å². The number of nitrogens with two attached hydrogens (primary N) is 1. The van der Waals surface area contributed by atoms with E-state index in [1.165, 1.54) is 17.7 Å². The zero-order valence-corrected chi connectivity index (χ0v) is 13.0. The van der Waals surface area contributed by atoms with Crippen LogP contribution in [0.25, 0.3) is 0 Å². The maximum Gasteiger partial charge on any atom is 0.123 e. The monoisotopic (exact) mass is 339 g/mol. The quantitative estimate of drug-likeness (QED) is 0.878. The van der Waals surface area contributed by atoms with E-state index in [-0.39, 0.29) is 11.9 Å². The van der Waals surface area contributed by atoms with Crippen LogP contribution in [0.3, 0.4) is 0 Å². The zero-order chi connectivity index (χ0) is 13.8. The van der Waals surface area contributed by atoms with E-state index in [9.17, 15) is 4.39 Å². The predicted octanol–water partition coefficient (Wildman–Crippen LogP) is 4.63. The average molecular weight is 340 g/mol. The minimum absolute atomic E-state index is 0.113. The average Bonchev–Trinajstić information content (AvgIpc) is 2.34. The smallest absolute Gasteiger partial charge is 0.123 e. The van der Waals surface area contributed by atoms with Gasteiger partial charge in [-0.15, -0.1) is 0 Å². The first-order valence-electron chi connectivity index (χ1n) is 6.02. The lowest BCUT2D eigenvalue weighted by Gasteiger charge is -2.12. The van der Waals surface area contributed by atoms with Gasteiger partial charge in [-0.05, 0) is 61.4 Å². The van der Waals surface area contributed by atoms with Crippen LogP contribution in [-0.4, -0.2) is 6.04 Å². The third-order valence-electron chi connectivity index (χ3n) is 2.61. The lowest BCUT2D eigenvalue weighted by Crippen LogP contribution is -2.18. The molecular weight excluding hydrogens is 325 g/mol. The molecule has 1 nitrogen and oxygen atoms in total. The van der Waals surface area contributed by atoms with Gasteiger partial charge in [0.2, 0.25) is 0 Å². The number of hydrogen-bond acceptors (Lipinski definition) is 2. The summed E-state index contributed by atoms with van der Waals surface area (Å²) in [5, 5.41) is 0. The van der Waals surface area contributed by atoms with Crippen LogP contribution in [0.1, 0.15) is 12.5 Å². The van der Waals surface area contributed by atoms with E-state index in [2.05, 4.69) is 28.1 Å². The highest BCUT2D eigenvalue weighted by molar-refractivity contribution is 9.10. The molecule has 0 aliphatic rings. The van der Waals surface area contributed by atoms with Gasteiger partial charge in [-0.2, -0.15) is 0 Å². The molecule has 2 aromatic carbocycles. The molecule has 0 saturated carbocycles. The van der Waals surface area contributed by atoms with Crippen LogP contribution in [0.15, 0.2) is 56.7 Å². The van der Waals surface area contributed by atoms with Gasteiger partial charge < -0.3 is 5.73 Å². The van der Waals surface area contributed by atoms with Crippen molar-refractivity contribution < 1.29 is 4.39 Å². The van der Waals surface area contributed by atoms with Gasteiger partial charge in [-0.25, -0.2) is 4.39 Å². The fourth-order valence-electron chi connectivity index (χ4n) is 1.78. The van der Waals surface area contributed by atoms with Gasteiger partial charge in [0.25, 0.3) is 0 Å². The Balaban J connectivity index is 2.26. The van der Waals surface area contributed by atoms with E-state index in [0.29, 0.717) is 0 Å². The molecule has 2 aromatic rings. The summed E-state index contributed by atoms with van der Waals surface area (Å²) in [4.78, 5) is 2.18. The van der Waals surface area contributed by atoms with Crippen molar-refractivity contribution in [1.29, 1.82) is 0 Å². The third kappa shape index (κ3) is 4.34. The molecule has 0 radical (unpaired) electrons. The summed E-state index contributed by atoms with van der Waals surface area (Å²) in [7, 11) is 0. The predicted molar refractivity (Wildman–Crippen MR) is 82.0 cm³/mol. The third-order valence-corrected chi connectivity index (χ3v) is 4.23. The topological polar surface area (TPSA) is 26.0 Å². The Morgan fingerprint density at radius 1 is 1.21 bits per heavy atom. The second-order valence-corrected chi connectivity index (χ2v) is 6.52. The number of benzene rings is 2. The molecule has 1 unspecified atom stereocenters. The van der Waals surface area contributed by atoms with E-state index in [1.807, 2.05) is 13.0 Å². The van der Waals surface area contributed by atoms with Crippen molar-refractivity contribution in [2.45, 2.75) is 29.2 Å². The summed E-state index contributed by atoms with van der Waals surface area (Å²) in [6, 6.07) is 12.8. The Morgan fingerprint density at radius 3 is 2.53 bits per heavy atom. The van der Waals surface area contributed by atoms with Crippen molar-refractivity contribution in [3.63, 3.8) is 0 Å². The van der Waals surface area contributed by atoms with Crippen molar-refractivity contribution >= 4 is 27.7 Å². The minimum atomic E-state index is -0.212. The lowest BCUT2D eigenvalue weighted by atomic mass is 10.1. The SMILES string of the molecule is CC(N)Cc1cc(Br)ccc1Sc1ccc(F)cc1. The van der Waals surface area contributed by atoms with Crippen molar-refractivity contribution in [3.05, 3.63) is 58.3 Å². The molecule has 0 bridgehead atoms. The summed E-state index contributed by atoms with van der Waals surface area (Å²) in [5.74, 6) is -0.212. The van der Waals surface area contributed by atoms with Gasteiger partial charge in [0.1, 0.15) is 5.82 Å². The van der Waals surface area contributed by atoms with Crippen molar-refractivity contribution in [1.82, 2.24) is 0 Å². The van der Waals surface area contributed by atoms with Crippen LogP contribution < -0.4 is 5.73 Å². The fourth-order valence-corrected chi connectivity index (χ4v) is 3.13. The molecule has 0 aromatic heterocycles. The number of rotatable bonds is 4. The van der Waals surface area contributed by atoms with Crippen LogP contribution in [-0.2, 0) is 6.42 Å². The Labute approximate surface area is 125 Å². The van der Waals surface area contributed by atoms with E-state index in [4.69, 9.17) is 5.73 Å². The van der Waals surface area contributed by atoms with E-state index < -0.39 is 0 Å². The molecule has 0 spiro atoms. The summed E-state index contributed by atoms with van der Waals surface area (Å²) in [6.45, 7) is 1.99. The Bertz CT molecular complexity index is 555. The number of halogens is 2. The first-order valence-corrected chi connectivity index (χ1v) is 7.63. The van der Waals surface area contributed by atoms with Crippen LogP contribution in [0.4, 0.5) is 4.39 Å². The minimum Gasteiger partial charge on any atom is -0.328 e. The second-order valence-electron chi connectivity index (χ2n) is 4.49. The molecule has 0 fully saturated rings. The molecule has 0 amide bonds. The van der Waals surface area contributed by atoms with Crippen LogP contribution in [0.2, 0.25) is 0 Å². The van der Waals surface area contributed by atoms with E-state index >= 15 is 0 Å². The maximum absolute atomic E-state index is 12.9. The molecule has 2 rings (SSSR count). The maximum atomic E-state index is 12.9. The summed E-state index contributed by atoms with van der Waals surface area (Å²) < 4.78 is 13.9. The zero-order valence-electron chi connectivity index (χ0n) is 10.6. The van der Waals surface area contributed by atoms with Crippen LogP contribution >= 0.6 is 27.7 Å². The lowest BCUT2D eigenvalue weighted by molar-refractivity contribution is 0.626. The van der Waals surface area contributed by atoms with Crippen LogP contribution in [0, 0.1) is 5.82 Å². The van der Waals surface area contributed by atoms with Crippen molar-refractivity contribution in [3.8, 4) is 0 Å². The largest absolute Gasteiger partial charge is 0.328 e. The summed E-state index contributed by atoms with van der Waals surface area (Å²) >= 11 is 5.11. The molecule has 0 aliphatic heterocycles. The Hall–Kier alpha value is -0.840. The Morgan fingerprint density at radius 2 is 1.89 bits per heavy atom. The first-order chi connectivity index (χ1) is 9.04. The standard InChI is InChI=1S/C15H15BrFNS/c1-10(18)8-11-9-12(16)2-7-15(11)19-14-5-3-13(17)4-6-14/h2-7,9-10H,8,18H2,1H3. The highest BCUT2D eigenvalue weighted by Gasteiger charge is 2.07. The molecule has 19 heavy (non-hydrogen) atoms. The molecule has 0 saturated heterocycles. The van der Waals surface area contributed by atoms with Crippen molar-refractivity contribution in [2.75, 3.05) is 0 Å². The second kappa shape index (κ2) is 6.55. The summed E-state index contributed by atoms with van der Waals surface area (Å²) in [6.07, 6.45) is 0.822. The van der Waals surface area contributed by atoms with E-state index in [1.54, 1.807) is 23.9 Å². The fraction of sp³-hybridized carbons (Fsp3) is 0.200. The molecule has 2 N–H and O–H groups in total. The van der Waals surface area contributed by atoms with Gasteiger partial charge in [0.15, 0.2) is 0 Å². The molecule has 100 valence electrons.